The summed E-state index contributed by atoms with van der Waals surface area (Å²) in [6.45, 7) is 4.57. The van der Waals surface area contributed by atoms with Crippen molar-refractivity contribution >= 4 is 40.7 Å². The summed E-state index contributed by atoms with van der Waals surface area (Å²) in [5, 5.41) is 1.14. The van der Waals surface area contributed by atoms with E-state index in [-0.39, 0.29) is 11.8 Å². The number of nitrogens with zero attached hydrogens (tertiary/aromatic N) is 2. The maximum absolute atomic E-state index is 12.8. The lowest BCUT2D eigenvalue weighted by atomic mass is 10.1. The first-order valence-corrected chi connectivity index (χ1v) is 8.78. The first kappa shape index (κ1) is 17.8. The summed E-state index contributed by atoms with van der Waals surface area (Å²) < 4.78 is 0. The SMILES string of the molecule is Cc1cc(Cl)ccc1N1CCN(C(=O)c2cccc(Cl)c2)[C@H](C)C1=O. The fourth-order valence-electron chi connectivity index (χ4n) is 3.10. The second-order valence-corrected chi connectivity index (χ2v) is 6.98. The van der Waals surface area contributed by atoms with Crippen LogP contribution < -0.4 is 4.90 Å². The summed E-state index contributed by atoms with van der Waals surface area (Å²) in [6.07, 6.45) is 0. The minimum atomic E-state index is -0.546. The number of anilines is 1. The minimum Gasteiger partial charge on any atom is -0.325 e. The molecular formula is C19H18Cl2N2O2. The Bertz CT molecular complexity index is 838. The number of aryl methyl sites for hydroxylation is 1. The van der Waals surface area contributed by atoms with Gasteiger partial charge in [-0.1, -0.05) is 29.3 Å². The van der Waals surface area contributed by atoms with Gasteiger partial charge in [-0.25, -0.2) is 0 Å². The van der Waals surface area contributed by atoms with Crippen LogP contribution in [0.2, 0.25) is 10.0 Å². The molecule has 3 rings (SSSR count). The Kier molecular flexibility index (Phi) is 5.02. The van der Waals surface area contributed by atoms with E-state index >= 15 is 0 Å². The predicted molar refractivity (Wildman–Crippen MR) is 100 cm³/mol. The summed E-state index contributed by atoms with van der Waals surface area (Å²) in [6, 6.07) is 11.7. The Labute approximate surface area is 156 Å². The van der Waals surface area contributed by atoms with Gasteiger partial charge in [0, 0.05) is 34.4 Å². The number of hydrogen-bond donors (Lipinski definition) is 0. The van der Waals surface area contributed by atoms with Crippen molar-refractivity contribution < 1.29 is 9.59 Å². The molecule has 0 aliphatic carbocycles. The highest BCUT2D eigenvalue weighted by Gasteiger charge is 2.35. The summed E-state index contributed by atoms with van der Waals surface area (Å²) in [4.78, 5) is 28.9. The van der Waals surface area contributed by atoms with E-state index < -0.39 is 6.04 Å². The van der Waals surface area contributed by atoms with Crippen LogP contribution in [0.25, 0.3) is 0 Å². The fourth-order valence-corrected chi connectivity index (χ4v) is 3.51. The molecular weight excluding hydrogens is 359 g/mol. The molecule has 4 nitrogen and oxygen atoms in total. The zero-order valence-corrected chi connectivity index (χ0v) is 15.5. The van der Waals surface area contributed by atoms with E-state index in [2.05, 4.69) is 0 Å². The largest absolute Gasteiger partial charge is 0.325 e. The number of hydrogen-bond acceptors (Lipinski definition) is 2. The molecule has 130 valence electrons. The Morgan fingerprint density at radius 1 is 1.08 bits per heavy atom. The molecule has 2 aromatic rings. The van der Waals surface area contributed by atoms with Gasteiger partial charge in [-0.05, 0) is 55.8 Å². The topological polar surface area (TPSA) is 40.6 Å². The molecule has 1 heterocycles. The molecule has 2 amide bonds. The second-order valence-electron chi connectivity index (χ2n) is 6.11. The summed E-state index contributed by atoms with van der Waals surface area (Å²) in [5.74, 6) is -0.289. The number of benzene rings is 2. The quantitative estimate of drug-likeness (QED) is 0.788. The number of piperazine rings is 1. The molecule has 6 heteroatoms. The zero-order chi connectivity index (χ0) is 18.1. The van der Waals surface area contributed by atoms with Crippen LogP contribution in [0.3, 0.4) is 0 Å². The van der Waals surface area contributed by atoms with Crippen LogP contribution in [-0.2, 0) is 4.79 Å². The van der Waals surface area contributed by atoms with Gasteiger partial charge in [0.2, 0.25) is 5.91 Å². The van der Waals surface area contributed by atoms with Crippen LogP contribution in [0, 0.1) is 6.92 Å². The van der Waals surface area contributed by atoms with Gasteiger partial charge in [0.05, 0.1) is 0 Å². The number of amides is 2. The molecule has 1 saturated heterocycles. The van der Waals surface area contributed by atoms with Gasteiger partial charge in [0.1, 0.15) is 6.04 Å². The third kappa shape index (κ3) is 3.51. The van der Waals surface area contributed by atoms with Crippen molar-refractivity contribution in [2.75, 3.05) is 18.0 Å². The maximum atomic E-state index is 12.8. The minimum absolute atomic E-state index is 0.105. The molecule has 1 atom stereocenters. The van der Waals surface area contributed by atoms with Crippen molar-refractivity contribution in [3.8, 4) is 0 Å². The third-order valence-corrected chi connectivity index (χ3v) is 4.91. The van der Waals surface area contributed by atoms with Crippen LogP contribution in [0.1, 0.15) is 22.8 Å². The van der Waals surface area contributed by atoms with Crippen molar-refractivity contribution in [1.82, 2.24) is 4.90 Å². The van der Waals surface area contributed by atoms with Gasteiger partial charge in [-0.15, -0.1) is 0 Å². The van der Waals surface area contributed by atoms with Crippen LogP contribution in [0.4, 0.5) is 5.69 Å². The Morgan fingerprint density at radius 2 is 1.80 bits per heavy atom. The molecule has 0 unspecified atom stereocenters. The fraction of sp³-hybridized carbons (Fsp3) is 0.263. The number of halogens is 2. The van der Waals surface area contributed by atoms with Crippen LogP contribution in [0.5, 0.6) is 0 Å². The van der Waals surface area contributed by atoms with Gasteiger partial charge in [-0.3, -0.25) is 9.59 Å². The Hall–Kier alpha value is -2.04. The zero-order valence-electron chi connectivity index (χ0n) is 14.0. The second kappa shape index (κ2) is 7.06. The number of carbonyl (C=O) groups excluding carboxylic acids is 2. The van der Waals surface area contributed by atoms with Crippen LogP contribution in [-0.4, -0.2) is 35.8 Å². The van der Waals surface area contributed by atoms with E-state index in [4.69, 9.17) is 23.2 Å². The van der Waals surface area contributed by atoms with E-state index in [0.717, 1.165) is 11.3 Å². The standard InChI is InChI=1S/C19H18Cl2N2O2/c1-12-10-16(21)6-7-17(12)23-9-8-22(13(2)18(23)24)19(25)14-4-3-5-15(20)11-14/h3-7,10-11,13H,8-9H2,1-2H3/t13-/m1/s1. The van der Waals surface area contributed by atoms with Crippen molar-refractivity contribution in [1.29, 1.82) is 0 Å². The van der Waals surface area contributed by atoms with E-state index in [9.17, 15) is 9.59 Å². The molecule has 0 spiro atoms. The predicted octanol–water partition coefficient (Wildman–Crippen LogP) is 4.18. The lowest BCUT2D eigenvalue weighted by Crippen LogP contribution is -2.57. The van der Waals surface area contributed by atoms with Crippen molar-refractivity contribution in [2.45, 2.75) is 19.9 Å². The van der Waals surface area contributed by atoms with E-state index in [1.807, 2.05) is 19.1 Å². The maximum Gasteiger partial charge on any atom is 0.254 e. The number of rotatable bonds is 2. The smallest absolute Gasteiger partial charge is 0.254 e. The van der Waals surface area contributed by atoms with E-state index in [0.29, 0.717) is 28.7 Å². The van der Waals surface area contributed by atoms with Crippen molar-refractivity contribution in [3.05, 3.63) is 63.6 Å². The highest BCUT2D eigenvalue weighted by atomic mass is 35.5. The number of carbonyl (C=O) groups is 2. The van der Waals surface area contributed by atoms with E-state index in [1.165, 1.54) is 0 Å². The van der Waals surface area contributed by atoms with E-state index in [1.54, 1.807) is 47.1 Å². The summed E-state index contributed by atoms with van der Waals surface area (Å²) >= 11 is 12.0. The Balaban J connectivity index is 1.83. The summed E-state index contributed by atoms with van der Waals surface area (Å²) in [7, 11) is 0. The van der Waals surface area contributed by atoms with Crippen LogP contribution in [0.15, 0.2) is 42.5 Å². The molecule has 0 radical (unpaired) electrons. The molecule has 1 aliphatic heterocycles. The lowest BCUT2D eigenvalue weighted by molar-refractivity contribution is -0.124. The van der Waals surface area contributed by atoms with Crippen molar-refractivity contribution in [2.24, 2.45) is 0 Å². The molecule has 0 bridgehead atoms. The monoisotopic (exact) mass is 376 g/mol. The molecule has 1 fully saturated rings. The third-order valence-electron chi connectivity index (χ3n) is 4.44. The first-order valence-electron chi connectivity index (χ1n) is 8.02. The highest BCUT2D eigenvalue weighted by molar-refractivity contribution is 6.31. The summed E-state index contributed by atoms with van der Waals surface area (Å²) in [5.41, 5.74) is 2.25. The average Bonchev–Trinajstić information content (AvgIpc) is 2.57. The van der Waals surface area contributed by atoms with Gasteiger partial charge >= 0.3 is 0 Å². The molecule has 0 saturated carbocycles. The van der Waals surface area contributed by atoms with Gasteiger partial charge in [-0.2, -0.15) is 0 Å². The van der Waals surface area contributed by atoms with Gasteiger partial charge in [0.15, 0.2) is 0 Å². The average molecular weight is 377 g/mol. The molecule has 0 aromatic heterocycles. The van der Waals surface area contributed by atoms with Crippen molar-refractivity contribution in [3.63, 3.8) is 0 Å². The molecule has 2 aromatic carbocycles. The van der Waals surface area contributed by atoms with Gasteiger partial charge in [0.25, 0.3) is 5.91 Å². The molecule has 1 aliphatic rings. The first-order chi connectivity index (χ1) is 11.9. The normalized spacial score (nSPS) is 17.8. The lowest BCUT2D eigenvalue weighted by Gasteiger charge is -2.39. The Morgan fingerprint density at radius 3 is 2.48 bits per heavy atom. The van der Waals surface area contributed by atoms with Gasteiger partial charge < -0.3 is 9.80 Å². The van der Waals surface area contributed by atoms with Crippen LogP contribution >= 0.6 is 23.2 Å². The molecule has 25 heavy (non-hydrogen) atoms. The molecule has 0 N–H and O–H groups in total. The highest BCUT2D eigenvalue weighted by Crippen LogP contribution is 2.27.